The number of fused-ring (bicyclic) bond motifs is 1. The van der Waals surface area contributed by atoms with E-state index in [0.29, 0.717) is 49.1 Å². The Bertz CT molecular complexity index is 1310. The van der Waals surface area contributed by atoms with Crippen molar-refractivity contribution in [2.45, 2.75) is 45.2 Å². The molecule has 39 heavy (non-hydrogen) atoms. The number of halogens is 2. The second-order valence-corrected chi connectivity index (χ2v) is 11.3. The number of hydrogen-bond acceptors (Lipinski definition) is 3. The maximum absolute atomic E-state index is 13.3. The molecular weight excluding hydrogens is 537 g/mol. The van der Waals surface area contributed by atoms with Gasteiger partial charge in [0.05, 0.1) is 10.0 Å². The van der Waals surface area contributed by atoms with Gasteiger partial charge in [-0.2, -0.15) is 0 Å². The summed E-state index contributed by atoms with van der Waals surface area (Å²) < 4.78 is 0. The number of hydrogen-bond donors (Lipinski definition) is 1. The van der Waals surface area contributed by atoms with Crippen LogP contribution in [0.2, 0.25) is 10.0 Å². The zero-order valence-corrected chi connectivity index (χ0v) is 23.7. The van der Waals surface area contributed by atoms with E-state index in [9.17, 15) is 14.4 Å². The Balaban J connectivity index is 1.24. The second-order valence-electron chi connectivity index (χ2n) is 10.5. The number of benzene rings is 2. The van der Waals surface area contributed by atoms with Crippen LogP contribution in [0.3, 0.4) is 0 Å². The minimum Gasteiger partial charge on any atom is -0.341 e. The van der Waals surface area contributed by atoms with Gasteiger partial charge in [-0.05, 0) is 56.4 Å². The number of nitrogens with zero attached hydrogens (tertiary/aromatic N) is 4. The van der Waals surface area contributed by atoms with Crippen molar-refractivity contribution in [1.29, 1.82) is 0 Å². The van der Waals surface area contributed by atoms with Crippen LogP contribution in [-0.4, -0.2) is 82.4 Å². The Morgan fingerprint density at radius 2 is 1.77 bits per heavy atom. The molecule has 3 aliphatic heterocycles. The summed E-state index contributed by atoms with van der Waals surface area (Å²) in [7, 11) is 0. The molecule has 1 N–H and O–H groups in total. The maximum Gasteiger partial charge on any atom is 0.325 e. The molecule has 0 saturated carbocycles. The third-order valence-electron chi connectivity index (χ3n) is 7.77. The molecule has 0 atom stereocenters. The number of piperidine rings is 1. The smallest absolute Gasteiger partial charge is 0.325 e. The highest BCUT2D eigenvalue weighted by molar-refractivity contribution is 6.43. The second kappa shape index (κ2) is 11.5. The summed E-state index contributed by atoms with van der Waals surface area (Å²) in [5, 5.41) is 3.90. The number of nitrogens with one attached hydrogen (secondary N) is 1. The van der Waals surface area contributed by atoms with E-state index in [-0.39, 0.29) is 36.6 Å². The van der Waals surface area contributed by atoms with E-state index in [4.69, 9.17) is 23.2 Å². The zero-order valence-electron chi connectivity index (χ0n) is 22.2. The molecule has 0 unspecified atom stereocenters. The molecule has 2 aromatic carbocycles. The van der Waals surface area contributed by atoms with Crippen LogP contribution in [0, 0.1) is 0 Å². The van der Waals surface area contributed by atoms with Gasteiger partial charge in [-0.3, -0.25) is 9.69 Å². The molecule has 0 bridgehead atoms. The third kappa shape index (κ3) is 5.72. The molecule has 0 radical (unpaired) electrons. The molecule has 10 heteroatoms. The molecule has 8 nitrogen and oxygen atoms in total. The normalized spacial score (nSPS) is 18.6. The highest BCUT2D eigenvalue weighted by Crippen LogP contribution is 2.33. The number of amides is 5. The zero-order chi connectivity index (χ0) is 27.7. The Morgan fingerprint density at radius 3 is 2.51 bits per heavy atom. The lowest BCUT2D eigenvalue weighted by Gasteiger charge is -2.40. The fourth-order valence-corrected chi connectivity index (χ4v) is 5.96. The van der Waals surface area contributed by atoms with Gasteiger partial charge in [0.15, 0.2) is 0 Å². The van der Waals surface area contributed by atoms with Crippen LogP contribution in [0.1, 0.15) is 37.8 Å². The summed E-state index contributed by atoms with van der Waals surface area (Å²) in [5.41, 5.74) is 3.58. The van der Waals surface area contributed by atoms with E-state index in [2.05, 4.69) is 5.32 Å². The van der Waals surface area contributed by atoms with Crippen molar-refractivity contribution >= 4 is 52.4 Å². The first-order valence-corrected chi connectivity index (χ1v) is 14.1. The summed E-state index contributed by atoms with van der Waals surface area (Å²) in [6.07, 6.45) is 3.91. The van der Waals surface area contributed by atoms with Gasteiger partial charge in [0.2, 0.25) is 5.91 Å². The Labute approximate surface area is 239 Å². The molecule has 1 fully saturated rings. The van der Waals surface area contributed by atoms with E-state index in [1.165, 1.54) is 4.90 Å². The van der Waals surface area contributed by atoms with Gasteiger partial charge >= 0.3 is 12.1 Å². The van der Waals surface area contributed by atoms with Crippen molar-refractivity contribution in [3.8, 4) is 0 Å². The fraction of sp³-hybridized carbons (Fsp3) is 0.414. The van der Waals surface area contributed by atoms with Crippen molar-refractivity contribution in [2.24, 2.45) is 0 Å². The average Bonchev–Trinajstić information content (AvgIpc) is 3.09. The molecular formula is C29H33Cl2N5O3. The standard InChI is InChI=1S/C29H33Cl2N5O3/c1-19(2)36-17-21(23-7-5-8-24(30)27(23)31)16-34(29(36)39)18-26(37)33-13-11-22(12-14-33)35-15-10-20-6-3-4-9-25(20)32-28(35)38/h3-9,16,19,22H,10-15,17-18H2,1-2H3,(H,32,38). The summed E-state index contributed by atoms with van der Waals surface area (Å²) in [4.78, 5) is 46.4. The quantitative estimate of drug-likeness (QED) is 0.512. The first-order chi connectivity index (χ1) is 18.7. The maximum atomic E-state index is 13.3. The van der Waals surface area contributed by atoms with Crippen molar-refractivity contribution in [2.75, 3.05) is 38.0 Å². The van der Waals surface area contributed by atoms with E-state index in [1.54, 1.807) is 22.1 Å². The number of carbonyl (C=O) groups is 3. The van der Waals surface area contributed by atoms with E-state index < -0.39 is 0 Å². The summed E-state index contributed by atoms with van der Waals surface area (Å²) in [5.74, 6) is -0.118. The average molecular weight is 571 g/mol. The lowest BCUT2D eigenvalue weighted by molar-refractivity contribution is -0.132. The van der Waals surface area contributed by atoms with E-state index >= 15 is 0 Å². The lowest BCUT2D eigenvalue weighted by atomic mass is 10.0. The number of rotatable bonds is 5. The number of urea groups is 2. The van der Waals surface area contributed by atoms with Gasteiger partial charge in [-0.25, -0.2) is 9.59 Å². The van der Waals surface area contributed by atoms with E-state index in [0.717, 1.165) is 28.8 Å². The van der Waals surface area contributed by atoms with Gasteiger partial charge in [-0.1, -0.05) is 53.5 Å². The fourth-order valence-electron chi connectivity index (χ4n) is 5.53. The monoisotopic (exact) mass is 569 g/mol. The summed E-state index contributed by atoms with van der Waals surface area (Å²) in [6, 6.07) is 13.0. The Kier molecular flexibility index (Phi) is 8.05. The van der Waals surface area contributed by atoms with Crippen LogP contribution in [0.25, 0.3) is 5.57 Å². The molecule has 3 heterocycles. The molecule has 5 amide bonds. The first-order valence-electron chi connectivity index (χ1n) is 13.4. The van der Waals surface area contributed by atoms with Crippen molar-refractivity contribution in [1.82, 2.24) is 19.6 Å². The minimum absolute atomic E-state index is 0.0570. The molecule has 1 saturated heterocycles. The summed E-state index contributed by atoms with van der Waals surface area (Å²) in [6.45, 7) is 5.93. The van der Waals surface area contributed by atoms with Crippen molar-refractivity contribution in [3.63, 3.8) is 0 Å². The number of anilines is 1. The number of carbonyl (C=O) groups excluding carboxylic acids is 3. The largest absolute Gasteiger partial charge is 0.341 e. The SMILES string of the molecule is CC(C)N1CC(c2cccc(Cl)c2Cl)=CN(CC(=O)N2CCC(N3CCc4ccccc4NC3=O)CC2)C1=O. The predicted molar refractivity (Wildman–Crippen MR) is 154 cm³/mol. The number of para-hydroxylation sites is 1. The van der Waals surface area contributed by atoms with Crippen LogP contribution in [0.5, 0.6) is 0 Å². The molecule has 3 aliphatic rings. The van der Waals surface area contributed by atoms with Gasteiger partial charge in [-0.15, -0.1) is 0 Å². The molecule has 2 aromatic rings. The first kappa shape index (κ1) is 27.3. The van der Waals surface area contributed by atoms with Crippen LogP contribution >= 0.6 is 23.2 Å². The topological polar surface area (TPSA) is 76.2 Å². The van der Waals surface area contributed by atoms with E-state index in [1.807, 2.05) is 55.1 Å². The highest BCUT2D eigenvalue weighted by Gasteiger charge is 2.34. The van der Waals surface area contributed by atoms with Gasteiger partial charge < -0.3 is 20.0 Å². The van der Waals surface area contributed by atoms with Crippen molar-refractivity contribution in [3.05, 3.63) is 69.8 Å². The predicted octanol–water partition coefficient (Wildman–Crippen LogP) is 5.56. The van der Waals surface area contributed by atoms with Crippen LogP contribution in [0.15, 0.2) is 48.7 Å². The molecule has 0 spiro atoms. The van der Waals surface area contributed by atoms with Crippen LogP contribution in [0.4, 0.5) is 15.3 Å². The van der Waals surface area contributed by atoms with Crippen LogP contribution in [-0.2, 0) is 11.2 Å². The number of likely N-dealkylation sites (tertiary alicyclic amines) is 1. The molecule has 206 valence electrons. The van der Waals surface area contributed by atoms with Crippen molar-refractivity contribution < 1.29 is 14.4 Å². The Hall–Kier alpha value is -3.23. The molecule has 0 aliphatic carbocycles. The van der Waals surface area contributed by atoms with Gasteiger partial charge in [0.25, 0.3) is 0 Å². The minimum atomic E-state index is -0.212. The lowest BCUT2D eigenvalue weighted by Crippen LogP contribution is -2.53. The third-order valence-corrected chi connectivity index (χ3v) is 8.59. The Morgan fingerprint density at radius 1 is 1.03 bits per heavy atom. The van der Waals surface area contributed by atoms with Gasteiger partial charge in [0.1, 0.15) is 6.54 Å². The van der Waals surface area contributed by atoms with Gasteiger partial charge in [0, 0.05) is 55.7 Å². The molecule has 5 rings (SSSR count). The van der Waals surface area contributed by atoms with Crippen LogP contribution < -0.4 is 5.32 Å². The molecule has 0 aromatic heterocycles. The highest BCUT2D eigenvalue weighted by atomic mass is 35.5. The summed E-state index contributed by atoms with van der Waals surface area (Å²) >= 11 is 12.7.